The fourth-order valence-corrected chi connectivity index (χ4v) is 3.67. The van der Waals surface area contributed by atoms with Crippen molar-refractivity contribution in [1.82, 2.24) is 19.7 Å². The minimum Gasteiger partial charge on any atom is -0.397 e. The number of nitrogens with one attached hydrogen (secondary N) is 1. The Kier molecular flexibility index (Phi) is 9.09. The lowest BCUT2D eigenvalue weighted by Gasteiger charge is -2.11. The van der Waals surface area contributed by atoms with Gasteiger partial charge in [-0.25, -0.2) is 22.7 Å². The van der Waals surface area contributed by atoms with E-state index in [1.165, 1.54) is 16.7 Å². The number of nitrogen functional groups attached to an aromatic ring is 1. The number of benzene rings is 1. The van der Waals surface area contributed by atoms with Crippen molar-refractivity contribution in [3.8, 4) is 11.3 Å². The summed E-state index contributed by atoms with van der Waals surface area (Å²) in [6.45, 7) is 2.46. The number of alkyl halides is 5. The van der Waals surface area contributed by atoms with Crippen LogP contribution in [0.3, 0.4) is 0 Å². The van der Waals surface area contributed by atoms with Gasteiger partial charge in [0.25, 0.3) is 17.5 Å². The molecule has 0 saturated heterocycles. The first-order valence-corrected chi connectivity index (χ1v) is 11.5. The van der Waals surface area contributed by atoms with E-state index >= 15 is 0 Å². The molecule has 0 aliphatic carbocycles. The van der Waals surface area contributed by atoms with E-state index < -0.39 is 46.6 Å². The number of nitrogens with two attached hydrogens (primary N) is 1. The molecule has 0 amide bonds. The van der Waals surface area contributed by atoms with Crippen LogP contribution in [-0.2, 0) is 12.7 Å². The Morgan fingerprint density at radius 3 is 2.31 bits per heavy atom. The van der Waals surface area contributed by atoms with Gasteiger partial charge < -0.3 is 10.3 Å². The first kappa shape index (κ1) is 29.3. The molecule has 0 aliphatic heterocycles. The number of hydrogen-bond acceptors (Lipinski definition) is 5. The van der Waals surface area contributed by atoms with Gasteiger partial charge in [-0.05, 0) is 36.1 Å². The predicted octanol–water partition coefficient (Wildman–Crippen LogP) is 5.84. The monoisotopic (exact) mass is 557 g/mol. The molecule has 0 atom stereocenters. The van der Waals surface area contributed by atoms with Crippen LogP contribution in [0.2, 0.25) is 0 Å². The molecule has 4 aromatic rings. The predicted molar refractivity (Wildman–Crippen MR) is 130 cm³/mol. The molecule has 1 aromatic carbocycles. The zero-order valence-electron chi connectivity index (χ0n) is 20.3. The number of aryl methyl sites for hydroxylation is 1. The van der Waals surface area contributed by atoms with E-state index in [-0.39, 0.29) is 27.6 Å². The molecule has 14 heteroatoms. The lowest BCUT2D eigenvalue weighted by molar-refractivity contribution is -0.138. The molecule has 0 fully saturated rings. The van der Waals surface area contributed by atoms with Crippen molar-refractivity contribution < 1.29 is 30.7 Å². The average molecular weight is 557 g/mol. The maximum atomic E-state index is 14.6. The quantitative estimate of drug-likeness (QED) is 0.229. The third kappa shape index (κ3) is 6.62. The van der Waals surface area contributed by atoms with Gasteiger partial charge in [0.2, 0.25) is 0 Å². The SMILES string of the molecule is CCCCCn1ccc2cc(-c3ccc(C(F)F)cn3)c(F)c(F)c2c1=O.Nc1cn[nH]c(=O)c1C(F)(F)F. The van der Waals surface area contributed by atoms with Gasteiger partial charge in [0, 0.05) is 30.1 Å². The fourth-order valence-electron chi connectivity index (χ4n) is 3.67. The number of H-pyrrole nitrogens is 1. The first-order valence-electron chi connectivity index (χ1n) is 11.5. The van der Waals surface area contributed by atoms with Gasteiger partial charge in [-0.2, -0.15) is 18.3 Å². The molecule has 3 N–H and O–H groups in total. The second-order valence-corrected chi connectivity index (χ2v) is 8.34. The highest BCUT2D eigenvalue weighted by molar-refractivity contribution is 5.87. The van der Waals surface area contributed by atoms with Crippen LogP contribution in [0, 0.1) is 11.6 Å². The molecule has 0 unspecified atom stereocenters. The van der Waals surface area contributed by atoms with Crippen LogP contribution >= 0.6 is 0 Å². The molecule has 7 nitrogen and oxygen atoms in total. The summed E-state index contributed by atoms with van der Waals surface area (Å²) >= 11 is 0. The largest absolute Gasteiger partial charge is 0.423 e. The molecule has 4 rings (SSSR count). The van der Waals surface area contributed by atoms with Crippen molar-refractivity contribution in [3.63, 3.8) is 0 Å². The van der Waals surface area contributed by atoms with Crippen molar-refractivity contribution in [2.75, 3.05) is 5.73 Å². The molecule has 0 spiro atoms. The molecular weight excluding hydrogens is 535 g/mol. The number of anilines is 1. The summed E-state index contributed by atoms with van der Waals surface area (Å²) in [6.07, 6.45) is -1.54. The summed E-state index contributed by atoms with van der Waals surface area (Å²) < 4.78 is 91.8. The van der Waals surface area contributed by atoms with Crippen LogP contribution in [0.1, 0.15) is 43.7 Å². The smallest absolute Gasteiger partial charge is 0.397 e. The van der Waals surface area contributed by atoms with Crippen LogP contribution in [0.5, 0.6) is 0 Å². The van der Waals surface area contributed by atoms with E-state index in [0.29, 0.717) is 6.54 Å². The summed E-state index contributed by atoms with van der Waals surface area (Å²) in [7, 11) is 0. The molecule has 3 heterocycles. The number of hydrogen-bond donors (Lipinski definition) is 2. The number of nitrogens with zero attached hydrogens (tertiary/aromatic N) is 3. The van der Waals surface area contributed by atoms with E-state index in [1.54, 1.807) is 17.4 Å². The Labute approximate surface area is 216 Å². The number of halogens is 7. The fraction of sp³-hybridized carbons (Fsp3) is 0.280. The van der Waals surface area contributed by atoms with Gasteiger partial charge in [0.15, 0.2) is 11.6 Å². The Hall–Kier alpha value is -4.23. The maximum Gasteiger partial charge on any atom is 0.423 e. The van der Waals surface area contributed by atoms with E-state index in [0.717, 1.165) is 37.7 Å². The highest BCUT2D eigenvalue weighted by Crippen LogP contribution is 2.30. The molecule has 0 bridgehead atoms. The van der Waals surface area contributed by atoms with Crippen molar-refractivity contribution in [2.45, 2.75) is 45.3 Å². The number of unbranched alkanes of at least 4 members (excludes halogenated alkanes) is 2. The third-order valence-electron chi connectivity index (χ3n) is 5.63. The molecule has 0 aliphatic rings. The molecule has 0 saturated carbocycles. The number of aromatic nitrogens is 4. The zero-order chi connectivity index (χ0) is 28.9. The lowest BCUT2D eigenvalue weighted by atomic mass is 10.0. The summed E-state index contributed by atoms with van der Waals surface area (Å²) in [5.41, 5.74) is 0.436. The molecule has 3 aromatic heterocycles. The normalized spacial score (nSPS) is 11.5. The van der Waals surface area contributed by atoms with Gasteiger partial charge in [-0.3, -0.25) is 14.6 Å². The second-order valence-electron chi connectivity index (χ2n) is 8.34. The van der Waals surface area contributed by atoms with E-state index in [1.807, 2.05) is 6.92 Å². The molecule has 0 radical (unpaired) electrons. The minimum absolute atomic E-state index is 0.0184. The van der Waals surface area contributed by atoms with Crippen LogP contribution in [0.25, 0.3) is 22.0 Å². The Morgan fingerprint density at radius 2 is 1.77 bits per heavy atom. The zero-order valence-corrected chi connectivity index (χ0v) is 20.3. The van der Waals surface area contributed by atoms with Crippen molar-refractivity contribution >= 4 is 16.5 Å². The van der Waals surface area contributed by atoms with Crippen molar-refractivity contribution in [2.24, 2.45) is 0 Å². The average Bonchev–Trinajstić information content (AvgIpc) is 2.87. The minimum atomic E-state index is -4.74. The number of pyridine rings is 2. The standard InChI is InChI=1S/C20H18F4N2O.C5H4F3N3O/c1-2-3-4-8-26-9-7-12-10-14(17(21)18(22)16(12)20(26)27)15-6-5-13(11-25-15)19(23)24;6-5(7,8)3-2(9)1-10-11-4(3)12/h5-7,9-11,19H,2-4,8H2,1H3;1H,(H3,9,11,12). The van der Waals surface area contributed by atoms with Crippen LogP contribution in [0.4, 0.5) is 36.4 Å². The number of rotatable bonds is 6. The molecular formula is C25H22F7N5O2. The third-order valence-corrected chi connectivity index (χ3v) is 5.63. The van der Waals surface area contributed by atoms with E-state index in [9.17, 15) is 40.3 Å². The summed E-state index contributed by atoms with van der Waals surface area (Å²) in [5.74, 6) is -2.47. The molecule has 39 heavy (non-hydrogen) atoms. The lowest BCUT2D eigenvalue weighted by Crippen LogP contribution is -2.24. The number of fused-ring (bicyclic) bond motifs is 1. The Bertz CT molecular complexity index is 1570. The second kappa shape index (κ2) is 12.1. The summed E-state index contributed by atoms with van der Waals surface area (Å²) in [4.78, 5) is 26.9. The van der Waals surface area contributed by atoms with E-state index in [2.05, 4.69) is 10.1 Å². The number of aromatic amines is 1. The van der Waals surface area contributed by atoms with Gasteiger partial charge in [0.05, 0.1) is 23.0 Å². The Balaban J connectivity index is 0.000000293. The van der Waals surface area contributed by atoms with Crippen molar-refractivity contribution in [3.05, 3.63) is 86.3 Å². The maximum absolute atomic E-state index is 14.6. The topological polar surface area (TPSA) is 107 Å². The Morgan fingerprint density at radius 1 is 1.05 bits per heavy atom. The van der Waals surface area contributed by atoms with Crippen LogP contribution in [0.15, 0.2) is 52.4 Å². The van der Waals surface area contributed by atoms with Gasteiger partial charge in [-0.15, -0.1) is 0 Å². The summed E-state index contributed by atoms with van der Waals surface area (Å²) in [6, 6.07) is 5.18. The molecule has 208 valence electrons. The highest BCUT2D eigenvalue weighted by atomic mass is 19.4. The summed E-state index contributed by atoms with van der Waals surface area (Å²) in [5, 5.41) is 4.65. The van der Waals surface area contributed by atoms with Gasteiger partial charge in [0.1, 0.15) is 5.56 Å². The van der Waals surface area contributed by atoms with Gasteiger partial charge >= 0.3 is 6.18 Å². The highest BCUT2D eigenvalue weighted by Gasteiger charge is 2.36. The van der Waals surface area contributed by atoms with Crippen LogP contribution in [-0.4, -0.2) is 19.7 Å². The van der Waals surface area contributed by atoms with Gasteiger partial charge in [-0.1, -0.05) is 19.8 Å². The van der Waals surface area contributed by atoms with Crippen molar-refractivity contribution in [1.29, 1.82) is 0 Å². The van der Waals surface area contributed by atoms with Crippen LogP contribution < -0.4 is 16.9 Å². The first-order chi connectivity index (χ1) is 18.4. The van der Waals surface area contributed by atoms with E-state index in [4.69, 9.17) is 5.73 Å².